The van der Waals surface area contributed by atoms with Crippen LogP contribution in [0.3, 0.4) is 0 Å². The molecule has 0 unspecified atom stereocenters. The molecule has 9 heteroatoms. The SMILES string of the molecule is CCOC(=O)Cc1csc(NN=Cc2cc(C(=O)O)ccc2OC)n1. The van der Waals surface area contributed by atoms with Gasteiger partial charge in [0.05, 0.1) is 37.6 Å². The molecular weight excluding hydrogens is 346 g/mol. The van der Waals surface area contributed by atoms with Gasteiger partial charge in [-0.1, -0.05) is 0 Å². The van der Waals surface area contributed by atoms with E-state index in [9.17, 15) is 9.59 Å². The number of esters is 1. The van der Waals surface area contributed by atoms with Gasteiger partial charge in [0, 0.05) is 10.9 Å². The molecule has 0 bridgehead atoms. The number of hydrazone groups is 1. The van der Waals surface area contributed by atoms with Gasteiger partial charge >= 0.3 is 11.9 Å². The number of carboxylic acids is 1. The van der Waals surface area contributed by atoms with Gasteiger partial charge in [0.15, 0.2) is 0 Å². The molecule has 2 aromatic rings. The number of benzene rings is 1. The maximum absolute atomic E-state index is 11.4. The predicted molar refractivity (Wildman–Crippen MR) is 93.6 cm³/mol. The first-order valence-corrected chi connectivity index (χ1v) is 8.22. The number of carbonyl (C=O) groups excluding carboxylic acids is 1. The standard InChI is InChI=1S/C16H17N3O5S/c1-3-24-14(20)7-12-9-25-16(18-12)19-17-8-11-6-10(15(21)22)4-5-13(11)23-2/h4-6,8-9H,3,7H2,1-2H3,(H,18,19)(H,21,22). The molecule has 25 heavy (non-hydrogen) atoms. The van der Waals surface area contributed by atoms with E-state index in [4.69, 9.17) is 14.6 Å². The van der Waals surface area contributed by atoms with E-state index in [2.05, 4.69) is 15.5 Å². The highest BCUT2D eigenvalue weighted by Crippen LogP contribution is 2.19. The molecule has 1 aromatic carbocycles. The summed E-state index contributed by atoms with van der Waals surface area (Å²) >= 11 is 1.29. The molecule has 2 N–H and O–H groups in total. The Kier molecular flexibility index (Phi) is 6.47. The molecule has 2 rings (SSSR count). The number of aromatic carboxylic acids is 1. The Labute approximate surface area is 148 Å². The Morgan fingerprint density at radius 1 is 1.44 bits per heavy atom. The highest BCUT2D eigenvalue weighted by molar-refractivity contribution is 7.13. The second-order valence-electron chi connectivity index (χ2n) is 4.76. The van der Waals surface area contributed by atoms with Crippen LogP contribution in [0, 0.1) is 0 Å². The first-order valence-electron chi connectivity index (χ1n) is 7.34. The largest absolute Gasteiger partial charge is 0.496 e. The highest BCUT2D eigenvalue weighted by atomic mass is 32.1. The highest BCUT2D eigenvalue weighted by Gasteiger charge is 2.09. The van der Waals surface area contributed by atoms with Crippen molar-refractivity contribution in [3.05, 3.63) is 40.4 Å². The minimum Gasteiger partial charge on any atom is -0.496 e. The van der Waals surface area contributed by atoms with Crippen molar-refractivity contribution in [2.24, 2.45) is 5.10 Å². The third-order valence-corrected chi connectivity index (χ3v) is 3.82. The number of hydrogen-bond donors (Lipinski definition) is 2. The van der Waals surface area contributed by atoms with Crippen LogP contribution in [0.15, 0.2) is 28.7 Å². The fourth-order valence-electron chi connectivity index (χ4n) is 1.92. The molecule has 132 valence electrons. The van der Waals surface area contributed by atoms with Gasteiger partial charge in [0.2, 0.25) is 5.13 Å². The fourth-order valence-corrected chi connectivity index (χ4v) is 2.58. The van der Waals surface area contributed by atoms with E-state index in [1.807, 2.05) is 0 Å². The number of carbonyl (C=O) groups is 2. The average Bonchev–Trinajstić information content (AvgIpc) is 3.02. The Morgan fingerprint density at radius 3 is 2.92 bits per heavy atom. The van der Waals surface area contributed by atoms with Crippen LogP contribution in [0.2, 0.25) is 0 Å². The van der Waals surface area contributed by atoms with Crippen LogP contribution in [-0.2, 0) is 16.0 Å². The molecule has 1 heterocycles. The molecule has 1 aromatic heterocycles. The Bertz CT molecular complexity index is 788. The number of anilines is 1. The number of nitrogens with one attached hydrogen (secondary N) is 1. The molecule has 0 saturated heterocycles. The van der Waals surface area contributed by atoms with Crippen LogP contribution in [0.1, 0.15) is 28.5 Å². The van der Waals surface area contributed by atoms with Crippen molar-refractivity contribution in [3.63, 3.8) is 0 Å². The zero-order valence-corrected chi connectivity index (χ0v) is 14.5. The summed E-state index contributed by atoms with van der Waals surface area (Å²) in [7, 11) is 1.49. The summed E-state index contributed by atoms with van der Waals surface area (Å²) in [4.78, 5) is 26.7. The van der Waals surface area contributed by atoms with E-state index in [0.717, 1.165) is 0 Å². The molecule has 8 nitrogen and oxygen atoms in total. The minimum atomic E-state index is -1.03. The first-order chi connectivity index (χ1) is 12.0. The van der Waals surface area contributed by atoms with Crippen molar-refractivity contribution in [3.8, 4) is 5.75 Å². The van der Waals surface area contributed by atoms with Crippen LogP contribution >= 0.6 is 11.3 Å². The lowest BCUT2D eigenvalue weighted by molar-refractivity contribution is -0.142. The third kappa shape index (κ3) is 5.28. The number of nitrogens with zero attached hydrogens (tertiary/aromatic N) is 2. The second-order valence-corrected chi connectivity index (χ2v) is 5.62. The van der Waals surface area contributed by atoms with Gasteiger partial charge in [-0.3, -0.25) is 10.2 Å². The van der Waals surface area contributed by atoms with Gasteiger partial charge in [-0.05, 0) is 25.1 Å². The summed E-state index contributed by atoms with van der Waals surface area (Å²) in [5.74, 6) is -0.871. The maximum atomic E-state index is 11.4. The van der Waals surface area contributed by atoms with Crippen LogP contribution in [0.5, 0.6) is 5.75 Å². The topological polar surface area (TPSA) is 110 Å². The Morgan fingerprint density at radius 2 is 2.24 bits per heavy atom. The fraction of sp³-hybridized carbons (Fsp3) is 0.250. The number of carboxylic acid groups (broad SMARTS) is 1. The lowest BCUT2D eigenvalue weighted by Crippen LogP contribution is -2.07. The zero-order valence-electron chi connectivity index (χ0n) is 13.7. The lowest BCUT2D eigenvalue weighted by Gasteiger charge is -2.05. The smallest absolute Gasteiger partial charge is 0.335 e. The van der Waals surface area contributed by atoms with Gasteiger partial charge < -0.3 is 14.6 Å². The Balaban J connectivity index is 2.03. The number of thiazole rings is 1. The number of methoxy groups -OCH3 is 1. The number of rotatable bonds is 8. The van der Waals surface area contributed by atoms with Crippen LogP contribution in [0.4, 0.5) is 5.13 Å². The van der Waals surface area contributed by atoms with Crippen LogP contribution in [0.25, 0.3) is 0 Å². The van der Waals surface area contributed by atoms with E-state index in [0.29, 0.717) is 28.7 Å². The normalized spacial score (nSPS) is 10.6. The molecule has 0 radical (unpaired) electrons. The van der Waals surface area contributed by atoms with Crippen LogP contribution < -0.4 is 10.2 Å². The van der Waals surface area contributed by atoms with Gasteiger partial charge in [0.25, 0.3) is 0 Å². The minimum absolute atomic E-state index is 0.101. The van der Waals surface area contributed by atoms with Gasteiger partial charge in [0.1, 0.15) is 5.75 Å². The van der Waals surface area contributed by atoms with E-state index in [-0.39, 0.29) is 18.0 Å². The summed E-state index contributed by atoms with van der Waals surface area (Å²) in [6.07, 6.45) is 1.54. The van der Waals surface area contributed by atoms with E-state index in [1.165, 1.54) is 36.8 Å². The predicted octanol–water partition coefficient (Wildman–Crippen LogP) is 2.40. The molecule has 0 atom stereocenters. The van der Waals surface area contributed by atoms with Crippen molar-refractivity contribution in [2.45, 2.75) is 13.3 Å². The molecule has 0 saturated carbocycles. The summed E-state index contributed by atoms with van der Waals surface area (Å²) < 4.78 is 10.0. The van der Waals surface area contributed by atoms with Crippen molar-refractivity contribution in [1.29, 1.82) is 0 Å². The van der Waals surface area contributed by atoms with Gasteiger partial charge in [-0.2, -0.15) is 5.10 Å². The molecule has 0 amide bonds. The summed E-state index contributed by atoms with van der Waals surface area (Å²) in [6, 6.07) is 4.47. The lowest BCUT2D eigenvalue weighted by atomic mass is 10.1. The molecule has 0 spiro atoms. The number of aromatic nitrogens is 1. The van der Waals surface area contributed by atoms with Crippen molar-refractivity contribution < 1.29 is 24.2 Å². The van der Waals surface area contributed by atoms with Gasteiger partial charge in [-0.25, -0.2) is 9.78 Å². The average molecular weight is 363 g/mol. The van der Waals surface area contributed by atoms with Crippen molar-refractivity contribution in [2.75, 3.05) is 19.1 Å². The van der Waals surface area contributed by atoms with E-state index in [1.54, 1.807) is 18.4 Å². The third-order valence-electron chi connectivity index (χ3n) is 3.02. The molecule has 0 aliphatic heterocycles. The van der Waals surface area contributed by atoms with Gasteiger partial charge in [-0.15, -0.1) is 11.3 Å². The molecule has 0 aliphatic rings. The Hall–Kier alpha value is -2.94. The van der Waals surface area contributed by atoms with Crippen molar-refractivity contribution in [1.82, 2.24) is 4.98 Å². The summed E-state index contributed by atoms with van der Waals surface area (Å²) in [5.41, 5.74) is 3.97. The quantitative estimate of drug-likeness (QED) is 0.421. The summed E-state index contributed by atoms with van der Waals surface area (Å²) in [5, 5.41) is 15.3. The second kappa shape index (κ2) is 8.78. The molecular formula is C16H17N3O5S. The zero-order chi connectivity index (χ0) is 18.2. The maximum Gasteiger partial charge on any atom is 0.335 e. The number of hydrogen-bond acceptors (Lipinski definition) is 8. The monoisotopic (exact) mass is 363 g/mol. The molecule has 0 fully saturated rings. The van der Waals surface area contributed by atoms with E-state index >= 15 is 0 Å². The van der Waals surface area contributed by atoms with Crippen molar-refractivity contribution >= 4 is 34.6 Å². The number of ether oxygens (including phenoxy) is 2. The molecule has 0 aliphatic carbocycles. The first kappa shape index (κ1) is 18.4. The van der Waals surface area contributed by atoms with Crippen LogP contribution in [-0.4, -0.2) is 42.0 Å². The van der Waals surface area contributed by atoms with E-state index < -0.39 is 5.97 Å². The summed E-state index contributed by atoms with van der Waals surface area (Å²) in [6.45, 7) is 2.07.